The minimum Gasteiger partial charge on any atom is -0.493 e. The average Bonchev–Trinajstić information content (AvgIpc) is 3.19. The maximum Gasteiger partial charge on any atom is 0.234 e. The summed E-state index contributed by atoms with van der Waals surface area (Å²) in [6.45, 7) is 2.17. The van der Waals surface area contributed by atoms with Crippen LogP contribution >= 0.6 is 11.8 Å². The Labute approximate surface area is 172 Å². The Morgan fingerprint density at radius 1 is 1.10 bits per heavy atom. The first-order valence-corrected chi connectivity index (χ1v) is 9.91. The first-order valence-electron chi connectivity index (χ1n) is 8.93. The largest absolute Gasteiger partial charge is 0.493 e. The highest BCUT2D eigenvalue weighted by atomic mass is 32.2. The first-order chi connectivity index (χ1) is 14.1. The van der Waals surface area contributed by atoms with Crippen molar-refractivity contribution in [2.75, 3.05) is 32.1 Å². The number of thioether (sulfide) groups is 1. The Hall–Kier alpha value is -3.13. The second kappa shape index (κ2) is 8.08. The van der Waals surface area contributed by atoms with Gasteiger partial charge in [-0.3, -0.25) is 4.79 Å². The number of nitrogens with one attached hydrogen (secondary N) is 1. The van der Waals surface area contributed by atoms with Gasteiger partial charge in [0.05, 0.1) is 25.5 Å². The zero-order chi connectivity index (χ0) is 20.4. The van der Waals surface area contributed by atoms with Gasteiger partial charge in [-0.25, -0.2) is 4.98 Å². The Kier molecular flexibility index (Phi) is 5.35. The van der Waals surface area contributed by atoms with Gasteiger partial charge in [-0.05, 0) is 36.8 Å². The Morgan fingerprint density at radius 2 is 1.86 bits per heavy atom. The fourth-order valence-corrected chi connectivity index (χ4v) is 3.83. The number of nitrogens with zero attached hydrogens (tertiary/aromatic N) is 1. The maximum absolute atomic E-state index is 12.4. The number of fused-ring (bicyclic) bond motifs is 2. The molecular formula is C21H20N2O5S. The molecule has 3 aromatic rings. The van der Waals surface area contributed by atoms with Crippen molar-refractivity contribution in [2.24, 2.45) is 0 Å². The number of ether oxygens (including phenoxy) is 4. The fourth-order valence-electron chi connectivity index (χ4n) is 3.04. The molecule has 0 unspecified atom stereocenters. The van der Waals surface area contributed by atoms with Crippen LogP contribution in [0.2, 0.25) is 0 Å². The highest BCUT2D eigenvalue weighted by molar-refractivity contribution is 8.00. The number of benzene rings is 2. The fraction of sp³-hybridized carbons (Fsp3) is 0.238. The van der Waals surface area contributed by atoms with Crippen LogP contribution in [0.1, 0.15) is 5.56 Å². The molecule has 1 aromatic heterocycles. The summed E-state index contributed by atoms with van der Waals surface area (Å²) in [5.74, 6) is 2.70. The standard InChI is InChI=1S/C21H20N2O5S/c1-12-6-13-7-17(25-2)18(26-3)9-15(13)23-21(12)29-10-20(24)22-14-4-5-16-19(8-14)28-11-27-16/h4-9H,10-11H2,1-3H3,(H,22,24). The molecule has 0 saturated carbocycles. The van der Waals surface area contributed by atoms with Crippen molar-refractivity contribution in [3.63, 3.8) is 0 Å². The highest BCUT2D eigenvalue weighted by Crippen LogP contribution is 2.35. The van der Waals surface area contributed by atoms with Crippen molar-refractivity contribution in [2.45, 2.75) is 11.9 Å². The number of rotatable bonds is 6. The van der Waals surface area contributed by atoms with Crippen molar-refractivity contribution >= 4 is 34.3 Å². The number of aryl methyl sites for hydroxylation is 1. The van der Waals surface area contributed by atoms with E-state index in [1.807, 2.05) is 25.1 Å². The predicted octanol–water partition coefficient (Wildman–Crippen LogP) is 4.02. The third-order valence-corrected chi connectivity index (χ3v) is 5.55. The van der Waals surface area contributed by atoms with E-state index in [-0.39, 0.29) is 18.5 Å². The molecule has 1 aliphatic heterocycles. The van der Waals surface area contributed by atoms with Gasteiger partial charge in [0, 0.05) is 23.2 Å². The second-order valence-corrected chi connectivity index (χ2v) is 7.38. The first kappa shape index (κ1) is 19.2. The third-order valence-electron chi connectivity index (χ3n) is 4.46. The number of pyridine rings is 1. The molecule has 0 saturated heterocycles. The van der Waals surface area contributed by atoms with E-state index >= 15 is 0 Å². The van der Waals surface area contributed by atoms with Gasteiger partial charge in [0.1, 0.15) is 5.03 Å². The smallest absolute Gasteiger partial charge is 0.234 e. The quantitative estimate of drug-likeness (QED) is 0.613. The topological polar surface area (TPSA) is 78.9 Å². The van der Waals surface area contributed by atoms with Crippen molar-refractivity contribution in [3.8, 4) is 23.0 Å². The molecule has 0 radical (unpaired) electrons. The number of amides is 1. The van der Waals surface area contributed by atoms with Crippen LogP contribution in [0.5, 0.6) is 23.0 Å². The molecule has 8 heteroatoms. The summed E-state index contributed by atoms with van der Waals surface area (Å²) in [5.41, 5.74) is 2.44. The predicted molar refractivity (Wildman–Crippen MR) is 112 cm³/mol. The molecule has 0 fully saturated rings. The van der Waals surface area contributed by atoms with Crippen LogP contribution < -0.4 is 24.3 Å². The lowest BCUT2D eigenvalue weighted by Crippen LogP contribution is -2.14. The Bertz CT molecular complexity index is 1090. The lowest BCUT2D eigenvalue weighted by molar-refractivity contribution is -0.113. The van der Waals surface area contributed by atoms with E-state index in [0.29, 0.717) is 28.7 Å². The number of anilines is 1. The van der Waals surface area contributed by atoms with E-state index in [2.05, 4.69) is 5.32 Å². The summed E-state index contributed by atoms with van der Waals surface area (Å²) < 4.78 is 21.3. The summed E-state index contributed by atoms with van der Waals surface area (Å²) >= 11 is 1.39. The lowest BCUT2D eigenvalue weighted by Gasteiger charge is -2.11. The summed E-state index contributed by atoms with van der Waals surface area (Å²) in [6.07, 6.45) is 0. The summed E-state index contributed by atoms with van der Waals surface area (Å²) in [5, 5.41) is 4.62. The van der Waals surface area contributed by atoms with Gasteiger partial charge in [0.25, 0.3) is 0 Å². The van der Waals surface area contributed by atoms with E-state index in [1.165, 1.54) is 11.8 Å². The van der Waals surface area contributed by atoms with Crippen LogP contribution in [-0.4, -0.2) is 37.7 Å². The van der Waals surface area contributed by atoms with Crippen molar-refractivity contribution < 1.29 is 23.7 Å². The molecule has 7 nitrogen and oxygen atoms in total. The molecule has 1 aliphatic rings. The number of carbonyl (C=O) groups excluding carboxylic acids is 1. The molecule has 0 spiro atoms. The van der Waals surface area contributed by atoms with Crippen molar-refractivity contribution in [1.29, 1.82) is 0 Å². The Balaban J connectivity index is 1.47. The lowest BCUT2D eigenvalue weighted by atomic mass is 10.1. The van der Waals surface area contributed by atoms with Crippen molar-refractivity contribution in [3.05, 3.63) is 42.0 Å². The Morgan fingerprint density at radius 3 is 2.66 bits per heavy atom. The molecule has 1 N–H and O–H groups in total. The van der Waals surface area contributed by atoms with Gasteiger partial charge in [0.15, 0.2) is 23.0 Å². The van der Waals surface area contributed by atoms with E-state index in [0.717, 1.165) is 21.5 Å². The molecule has 2 heterocycles. The van der Waals surface area contributed by atoms with Gasteiger partial charge in [-0.1, -0.05) is 11.8 Å². The molecule has 0 aliphatic carbocycles. The zero-order valence-corrected chi connectivity index (χ0v) is 17.1. The summed E-state index contributed by atoms with van der Waals surface area (Å²) in [4.78, 5) is 17.1. The SMILES string of the molecule is COc1cc2cc(C)c(SCC(=O)Nc3ccc4c(c3)OCO4)nc2cc1OC. The second-order valence-electron chi connectivity index (χ2n) is 6.42. The number of hydrogen-bond donors (Lipinski definition) is 1. The van der Waals surface area contributed by atoms with Gasteiger partial charge >= 0.3 is 0 Å². The highest BCUT2D eigenvalue weighted by Gasteiger charge is 2.15. The van der Waals surface area contributed by atoms with Crippen LogP contribution in [-0.2, 0) is 4.79 Å². The molecule has 4 rings (SSSR count). The number of hydrogen-bond acceptors (Lipinski definition) is 7. The number of carbonyl (C=O) groups is 1. The molecule has 0 bridgehead atoms. The van der Waals surface area contributed by atoms with Crippen LogP contribution in [0.15, 0.2) is 41.4 Å². The minimum absolute atomic E-state index is 0.123. The van der Waals surface area contributed by atoms with Gasteiger partial charge in [-0.15, -0.1) is 0 Å². The minimum atomic E-state index is -0.123. The van der Waals surface area contributed by atoms with Crippen molar-refractivity contribution in [1.82, 2.24) is 4.98 Å². The third kappa shape index (κ3) is 4.02. The molecule has 2 aromatic carbocycles. The number of aromatic nitrogens is 1. The van der Waals surface area contributed by atoms with Gasteiger partial charge in [-0.2, -0.15) is 0 Å². The monoisotopic (exact) mass is 412 g/mol. The molecule has 150 valence electrons. The normalized spacial score (nSPS) is 12.1. The van der Waals surface area contributed by atoms with Crippen LogP contribution in [0.3, 0.4) is 0 Å². The van der Waals surface area contributed by atoms with Crippen LogP contribution in [0.4, 0.5) is 5.69 Å². The average molecular weight is 412 g/mol. The number of methoxy groups -OCH3 is 2. The molecule has 1 amide bonds. The molecule has 0 atom stereocenters. The van der Waals surface area contributed by atoms with E-state index in [9.17, 15) is 4.79 Å². The van der Waals surface area contributed by atoms with E-state index < -0.39 is 0 Å². The molecular weight excluding hydrogens is 392 g/mol. The summed E-state index contributed by atoms with van der Waals surface area (Å²) in [7, 11) is 3.20. The van der Waals surface area contributed by atoms with Crippen LogP contribution in [0, 0.1) is 6.92 Å². The van der Waals surface area contributed by atoms with E-state index in [4.69, 9.17) is 23.9 Å². The zero-order valence-electron chi connectivity index (χ0n) is 16.3. The van der Waals surface area contributed by atoms with E-state index in [1.54, 1.807) is 32.4 Å². The van der Waals surface area contributed by atoms with Gasteiger partial charge in [0.2, 0.25) is 12.7 Å². The maximum atomic E-state index is 12.4. The molecule has 29 heavy (non-hydrogen) atoms. The van der Waals surface area contributed by atoms with Gasteiger partial charge < -0.3 is 24.3 Å². The van der Waals surface area contributed by atoms with Crippen LogP contribution in [0.25, 0.3) is 10.9 Å². The summed E-state index contributed by atoms with van der Waals surface area (Å²) in [6, 6.07) is 11.1.